The van der Waals surface area contributed by atoms with Gasteiger partial charge in [0.25, 0.3) is 5.91 Å². The van der Waals surface area contributed by atoms with Crippen LogP contribution in [-0.2, 0) is 17.6 Å². The lowest BCUT2D eigenvalue weighted by Gasteiger charge is -2.15. The van der Waals surface area contributed by atoms with Crippen molar-refractivity contribution >= 4 is 23.2 Å². The van der Waals surface area contributed by atoms with Gasteiger partial charge in [-0.15, -0.1) is 21.5 Å². The van der Waals surface area contributed by atoms with Crippen molar-refractivity contribution < 1.29 is 19.1 Å². The first kappa shape index (κ1) is 19.4. The maximum Gasteiger partial charge on any atom is 0.273 e. The molecular weight excluding hydrogens is 370 g/mol. The van der Waals surface area contributed by atoms with Gasteiger partial charge in [-0.1, -0.05) is 6.92 Å². The molecule has 1 fully saturated rings. The lowest BCUT2D eigenvalue weighted by molar-refractivity contribution is -0.125. The van der Waals surface area contributed by atoms with Crippen molar-refractivity contribution in [3.8, 4) is 0 Å². The highest BCUT2D eigenvalue weighted by molar-refractivity contribution is 7.11. The Bertz CT molecular complexity index is 805. The molecule has 3 N–H and O–H groups in total. The topological polar surface area (TPSA) is 130 Å². The molecule has 2 aromatic rings. The highest BCUT2D eigenvalue weighted by atomic mass is 32.1. The number of aliphatic hydroxyl groups excluding tert-OH is 1. The van der Waals surface area contributed by atoms with Gasteiger partial charge in [0.05, 0.1) is 12.1 Å². The van der Waals surface area contributed by atoms with E-state index in [0.717, 1.165) is 10.0 Å². The van der Waals surface area contributed by atoms with E-state index < -0.39 is 18.1 Å². The SMILES string of the molecule is CCc1ocnc1C(=O)N[C@H]1C[C@H](C(=O)NCCc2nnc(C)s2)C[C@@H]1O. The second-order valence-corrected chi connectivity index (χ2v) is 7.82. The van der Waals surface area contributed by atoms with Gasteiger partial charge in [-0.25, -0.2) is 4.98 Å². The Kier molecular flexibility index (Phi) is 6.17. The van der Waals surface area contributed by atoms with Crippen molar-refractivity contribution in [2.45, 2.75) is 51.7 Å². The zero-order valence-corrected chi connectivity index (χ0v) is 16.1. The zero-order chi connectivity index (χ0) is 19.4. The fourth-order valence-corrected chi connectivity index (χ4v) is 3.91. The third kappa shape index (κ3) is 4.69. The Morgan fingerprint density at radius 1 is 1.37 bits per heavy atom. The van der Waals surface area contributed by atoms with Gasteiger partial charge in [0.2, 0.25) is 5.91 Å². The lowest BCUT2D eigenvalue weighted by atomic mass is 10.1. The summed E-state index contributed by atoms with van der Waals surface area (Å²) < 4.78 is 5.16. The quantitative estimate of drug-likeness (QED) is 0.629. The van der Waals surface area contributed by atoms with Crippen molar-refractivity contribution in [2.24, 2.45) is 5.92 Å². The number of nitrogens with zero attached hydrogens (tertiary/aromatic N) is 3. The summed E-state index contributed by atoms with van der Waals surface area (Å²) in [6, 6.07) is -0.486. The fourth-order valence-electron chi connectivity index (χ4n) is 3.20. The molecule has 9 nitrogen and oxygen atoms in total. The normalized spacial score (nSPS) is 22.0. The van der Waals surface area contributed by atoms with Crippen LogP contribution in [0.25, 0.3) is 0 Å². The number of aryl methyl sites for hydroxylation is 2. The van der Waals surface area contributed by atoms with Gasteiger partial charge in [-0.2, -0.15) is 0 Å². The average molecular weight is 393 g/mol. The van der Waals surface area contributed by atoms with Gasteiger partial charge >= 0.3 is 0 Å². The lowest BCUT2D eigenvalue weighted by Crippen LogP contribution is -2.40. The van der Waals surface area contributed by atoms with E-state index in [2.05, 4.69) is 25.8 Å². The van der Waals surface area contributed by atoms with Crippen molar-refractivity contribution in [3.05, 3.63) is 27.9 Å². The number of carbonyl (C=O) groups excluding carboxylic acids is 2. The first-order valence-corrected chi connectivity index (χ1v) is 9.77. The van der Waals surface area contributed by atoms with Crippen molar-refractivity contribution in [1.82, 2.24) is 25.8 Å². The molecule has 2 amide bonds. The number of hydrogen-bond donors (Lipinski definition) is 3. The van der Waals surface area contributed by atoms with Crippen molar-refractivity contribution in [2.75, 3.05) is 6.54 Å². The molecule has 10 heteroatoms. The van der Waals surface area contributed by atoms with Crippen LogP contribution in [-0.4, -0.2) is 50.8 Å². The van der Waals surface area contributed by atoms with E-state index >= 15 is 0 Å². The van der Waals surface area contributed by atoms with E-state index in [1.54, 1.807) is 0 Å². The molecule has 1 aliphatic carbocycles. The molecule has 2 heterocycles. The molecule has 1 saturated carbocycles. The third-order valence-corrected chi connectivity index (χ3v) is 5.50. The Labute approximate surface area is 160 Å². The minimum absolute atomic E-state index is 0.122. The Balaban J connectivity index is 1.48. The van der Waals surface area contributed by atoms with Gasteiger partial charge in [-0.05, 0) is 19.8 Å². The van der Waals surface area contributed by atoms with Crippen molar-refractivity contribution in [1.29, 1.82) is 0 Å². The van der Waals surface area contributed by atoms with Crippen LogP contribution in [0.1, 0.15) is 46.0 Å². The number of rotatable bonds is 7. The molecule has 3 atom stereocenters. The summed E-state index contributed by atoms with van der Waals surface area (Å²) in [5, 5.41) is 25.6. The van der Waals surface area contributed by atoms with Crippen LogP contribution >= 0.6 is 11.3 Å². The standard InChI is InChI=1S/C17H23N5O4S/c1-3-13-15(19-8-26-13)17(25)20-11-6-10(7-12(11)23)16(24)18-5-4-14-22-21-9(2)27-14/h8,10-12,23H,3-7H2,1-2H3,(H,18,24)(H,20,25)/t10-,11-,12-/m0/s1. The molecule has 0 aromatic carbocycles. The van der Waals surface area contributed by atoms with E-state index in [-0.39, 0.29) is 17.5 Å². The molecule has 27 heavy (non-hydrogen) atoms. The summed E-state index contributed by atoms with van der Waals surface area (Å²) in [4.78, 5) is 28.6. The predicted molar refractivity (Wildman–Crippen MR) is 97.2 cm³/mol. The summed E-state index contributed by atoms with van der Waals surface area (Å²) in [6.07, 6.45) is 2.33. The zero-order valence-electron chi connectivity index (χ0n) is 15.3. The van der Waals surface area contributed by atoms with Crippen LogP contribution < -0.4 is 10.6 Å². The number of nitrogens with one attached hydrogen (secondary N) is 2. The molecule has 0 aliphatic heterocycles. The van der Waals surface area contributed by atoms with Gasteiger partial charge in [0.15, 0.2) is 12.1 Å². The predicted octanol–water partition coefficient (Wildman–Crippen LogP) is 0.625. The first-order chi connectivity index (χ1) is 13.0. The molecule has 0 saturated heterocycles. The second kappa shape index (κ2) is 8.57. The minimum Gasteiger partial charge on any atom is -0.448 e. The van der Waals surface area contributed by atoms with Gasteiger partial charge in [0.1, 0.15) is 15.8 Å². The second-order valence-electron chi connectivity index (χ2n) is 6.55. The monoisotopic (exact) mass is 393 g/mol. The molecule has 1 aliphatic rings. The molecule has 0 bridgehead atoms. The minimum atomic E-state index is -0.771. The van der Waals surface area contributed by atoms with Crippen LogP contribution in [0.3, 0.4) is 0 Å². The van der Waals surface area contributed by atoms with Gasteiger partial charge in [0, 0.05) is 25.3 Å². The number of hydrogen-bond acceptors (Lipinski definition) is 8. The number of carbonyl (C=O) groups is 2. The van der Waals surface area contributed by atoms with Crippen LogP contribution in [0, 0.1) is 12.8 Å². The van der Waals surface area contributed by atoms with Crippen LogP contribution in [0.2, 0.25) is 0 Å². The fraction of sp³-hybridized carbons (Fsp3) is 0.588. The highest BCUT2D eigenvalue weighted by Gasteiger charge is 2.38. The summed E-state index contributed by atoms with van der Waals surface area (Å²) in [5.74, 6) is -0.356. The Morgan fingerprint density at radius 3 is 2.89 bits per heavy atom. The number of amides is 2. The summed E-state index contributed by atoms with van der Waals surface area (Å²) >= 11 is 1.51. The Hall–Kier alpha value is -2.33. The first-order valence-electron chi connectivity index (χ1n) is 8.95. The summed E-state index contributed by atoms with van der Waals surface area (Å²) in [6.45, 7) is 4.22. The maximum absolute atomic E-state index is 12.4. The third-order valence-electron chi connectivity index (χ3n) is 4.60. The van der Waals surface area contributed by atoms with Crippen molar-refractivity contribution in [3.63, 3.8) is 0 Å². The molecule has 146 valence electrons. The largest absolute Gasteiger partial charge is 0.448 e. The van der Waals surface area contributed by atoms with Gasteiger partial charge in [-0.3, -0.25) is 9.59 Å². The maximum atomic E-state index is 12.4. The van der Waals surface area contributed by atoms with Gasteiger partial charge < -0.3 is 20.2 Å². The molecule has 3 rings (SSSR count). The molecule has 0 radical (unpaired) electrons. The Morgan fingerprint density at radius 2 is 2.19 bits per heavy atom. The van der Waals surface area contributed by atoms with Crippen LogP contribution in [0.5, 0.6) is 0 Å². The smallest absolute Gasteiger partial charge is 0.273 e. The van der Waals surface area contributed by atoms with E-state index in [0.29, 0.717) is 38.0 Å². The summed E-state index contributed by atoms with van der Waals surface area (Å²) in [7, 11) is 0. The van der Waals surface area contributed by atoms with E-state index in [9.17, 15) is 14.7 Å². The number of aromatic nitrogens is 3. The number of oxazole rings is 1. The van der Waals surface area contributed by atoms with Crippen LogP contribution in [0.15, 0.2) is 10.8 Å². The molecule has 2 aromatic heterocycles. The highest BCUT2D eigenvalue weighted by Crippen LogP contribution is 2.27. The van der Waals surface area contributed by atoms with E-state index in [1.165, 1.54) is 17.7 Å². The van der Waals surface area contributed by atoms with E-state index in [4.69, 9.17) is 4.42 Å². The van der Waals surface area contributed by atoms with E-state index in [1.807, 2.05) is 13.8 Å². The average Bonchev–Trinajstić information content (AvgIpc) is 3.35. The van der Waals surface area contributed by atoms with Crippen LogP contribution in [0.4, 0.5) is 0 Å². The molecule has 0 spiro atoms. The summed E-state index contributed by atoms with van der Waals surface area (Å²) in [5.41, 5.74) is 0.227. The number of aliphatic hydroxyl groups is 1. The molecule has 0 unspecified atom stereocenters. The molecular formula is C17H23N5O4S.